The van der Waals surface area contributed by atoms with Gasteiger partial charge < -0.3 is 5.11 Å². The van der Waals surface area contributed by atoms with E-state index in [0.29, 0.717) is 11.1 Å². The molecule has 0 bridgehead atoms. The molecule has 0 radical (unpaired) electrons. The number of hydrogen-bond acceptors (Lipinski definition) is 3. The minimum atomic E-state index is -3.51. The molecule has 5 heteroatoms. The Morgan fingerprint density at radius 1 is 1.28 bits per heavy atom. The van der Waals surface area contributed by atoms with Gasteiger partial charge in [-0.3, -0.25) is 0 Å². The highest BCUT2D eigenvalue weighted by Gasteiger charge is 2.20. The lowest BCUT2D eigenvalue weighted by Crippen LogP contribution is -2.34. The van der Waals surface area contributed by atoms with E-state index >= 15 is 0 Å². The summed E-state index contributed by atoms with van der Waals surface area (Å²) in [4.78, 5) is 0.251. The maximum atomic E-state index is 12.3. The predicted octanol–water partition coefficient (Wildman–Crippen LogP) is 1.95. The molecule has 0 aliphatic heterocycles. The van der Waals surface area contributed by atoms with E-state index < -0.39 is 10.0 Å². The standard InChI is InChI=1S/C13H21NO3S/c1-4-12(5-2)14-18(16,17)13-8-11(9-15)7-6-10(13)3/h6-8,12,14-15H,4-5,9H2,1-3H3. The minimum absolute atomic E-state index is 0.0489. The molecule has 0 atom stereocenters. The molecule has 0 unspecified atom stereocenters. The van der Waals surface area contributed by atoms with Crippen molar-refractivity contribution in [1.82, 2.24) is 4.72 Å². The number of aryl methyl sites for hydroxylation is 1. The van der Waals surface area contributed by atoms with E-state index in [1.807, 2.05) is 13.8 Å². The lowest BCUT2D eigenvalue weighted by atomic mass is 10.2. The zero-order valence-electron chi connectivity index (χ0n) is 11.1. The van der Waals surface area contributed by atoms with E-state index in [1.54, 1.807) is 19.1 Å². The molecule has 0 saturated carbocycles. The normalized spacial score (nSPS) is 12.1. The summed E-state index contributed by atoms with van der Waals surface area (Å²) in [5.41, 5.74) is 1.29. The molecule has 102 valence electrons. The molecular formula is C13H21NO3S. The summed E-state index contributed by atoms with van der Waals surface area (Å²) >= 11 is 0. The van der Waals surface area contributed by atoms with Crippen molar-refractivity contribution in [3.8, 4) is 0 Å². The first-order chi connectivity index (χ1) is 8.44. The van der Waals surface area contributed by atoms with Crippen LogP contribution < -0.4 is 4.72 Å². The van der Waals surface area contributed by atoms with Gasteiger partial charge in [0.2, 0.25) is 10.0 Å². The molecule has 18 heavy (non-hydrogen) atoms. The van der Waals surface area contributed by atoms with Crippen LogP contribution in [0.2, 0.25) is 0 Å². The fourth-order valence-electron chi connectivity index (χ4n) is 1.77. The Labute approximate surface area is 109 Å². The van der Waals surface area contributed by atoms with Crippen LogP contribution in [0.15, 0.2) is 23.1 Å². The molecule has 0 saturated heterocycles. The average molecular weight is 271 g/mol. The lowest BCUT2D eigenvalue weighted by molar-refractivity contribution is 0.281. The first-order valence-corrected chi connectivity index (χ1v) is 7.65. The van der Waals surface area contributed by atoms with Crippen LogP contribution in [0.3, 0.4) is 0 Å². The van der Waals surface area contributed by atoms with E-state index in [1.165, 1.54) is 6.07 Å². The molecule has 1 rings (SSSR count). The van der Waals surface area contributed by atoms with Crippen LogP contribution in [0, 0.1) is 6.92 Å². The van der Waals surface area contributed by atoms with Gasteiger partial charge in [-0.25, -0.2) is 13.1 Å². The third kappa shape index (κ3) is 3.54. The summed E-state index contributed by atoms with van der Waals surface area (Å²) in [5, 5.41) is 9.08. The minimum Gasteiger partial charge on any atom is -0.392 e. The maximum absolute atomic E-state index is 12.3. The molecule has 1 aromatic rings. The molecule has 1 aromatic carbocycles. The van der Waals surface area contributed by atoms with Gasteiger partial charge >= 0.3 is 0 Å². The Morgan fingerprint density at radius 3 is 2.39 bits per heavy atom. The summed E-state index contributed by atoms with van der Waals surface area (Å²) in [5.74, 6) is 0. The number of benzene rings is 1. The quantitative estimate of drug-likeness (QED) is 0.831. The van der Waals surface area contributed by atoms with Crippen LogP contribution in [0.4, 0.5) is 0 Å². The van der Waals surface area contributed by atoms with Gasteiger partial charge in [0.25, 0.3) is 0 Å². The maximum Gasteiger partial charge on any atom is 0.241 e. The van der Waals surface area contributed by atoms with Crippen LogP contribution in [-0.2, 0) is 16.6 Å². The molecule has 0 fully saturated rings. The third-order valence-electron chi connectivity index (χ3n) is 3.03. The summed E-state index contributed by atoms with van der Waals surface area (Å²) in [6.45, 7) is 5.50. The topological polar surface area (TPSA) is 66.4 Å². The van der Waals surface area contributed by atoms with Crippen molar-refractivity contribution in [2.24, 2.45) is 0 Å². The highest BCUT2D eigenvalue weighted by Crippen LogP contribution is 2.18. The first-order valence-electron chi connectivity index (χ1n) is 6.17. The first kappa shape index (κ1) is 15.1. The van der Waals surface area contributed by atoms with E-state index in [2.05, 4.69) is 4.72 Å². The number of hydrogen-bond donors (Lipinski definition) is 2. The van der Waals surface area contributed by atoms with Crippen LogP contribution in [0.1, 0.15) is 37.8 Å². The third-order valence-corrected chi connectivity index (χ3v) is 4.69. The number of nitrogens with one attached hydrogen (secondary N) is 1. The van der Waals surface area contributed by atoms with Crippen molar-refractivity contribution in [3.63, 3.8) is 0 Å². The summed E-state index contributed by atoms with van der Waals surface area (Å²) in [6, 6.07) is 4.92. The van der Waals surface area contributed by atoms with Gasteiger partial charge in [-0.1, -0.05) is 26.0 Å². The molecule has 0 spiro atoms. The molecule has 4 nitrogen and oxygen atoms in total. The largest absolute Gasteiger partial charge is 0.392 e. The lowest BCUT2D eigenvalue weighted by Gasteiger charge is -2.16. The predicted molar refractivity (Wildman–Crippen MR) is 71.8 cm³/mol. The molecular weight excluding hydrogens is 250 g/mol. The number of aliphatic hydroxyl groups is 1. The van der Waals surface area contributed by atoms with Gasteiger partial charge in [0.1, 0.15) is 0 Å². The second kappa shape index (κ2) is 6.31. The summed E-state index contributed by atoms with van der Waals surface area (Å²) in [7, 11) is -3.51. The van der Waals surface area contributed by atoms with Crippen LogP contribution in [0.5, 0.6) is 0 Å². The van der Waals surface area contributed by atoms with Crippen LogP contribution in [-0.4, -0.2) is 19.6 Å². The number of sulfonamides is 1. The Kier molecular flexibility index (Phi) is 5.31. The molecule has 0 aliphatic rings. The zero-order valence-corrected chi connectivity index (χ0v) is 11.9. The van der Waals surface area contributed by atoms with Crippen molar-refractivity contribution < 1.29 is 13.5 Å². The van der Waals surface area contributed by atoms with Gasteiger partial charge in [0, 0.05) is 6.04 Å². The van der Waals surface area contributed by atoms with Crippen molar-refractivity contribution in [2.75, 3.05) is 0 Å². The number of aliphatic hydroxyl groups excluding tert-OH is 1. The highest BCUT2D eigenvalue weighted by molar-refractivity contribution is 7.89. The van der Waals surface area contributed by atoms with E-state index in [4.69, 9.17) is 5.11 Å². The molecule has 0 aromatic heterocycles. The summed E-state index contributed by atoms with van der Waals surface area (Å²) in [6.07, 6.45) is 1.52. The van der Waals surface area contributed by atoms with Crippen LogP contribution >= 0.6 is 0 Å². The van der Waals surface area contributed by atoms with Crippen LogP contribution in [0.25, 0.3) is 0 Å². The SMILES string of the molecule is CCC(CC)NS(=O)(=O)c1cc(CO)ccc1C. The zero-order chi connectivity index (χ0) is 13.8. The van der Waals surface area contributed by atoms with E-state index in [-0.39, 0.29) is 17.5 Å². The molecule has 2 N–H and O–H groups in total. The van der Waals surface area contributed by atoms with E-state index in [9.17, 15) is 8.42 Å². The highest BCUT2D eigenvalue weighted by atomic mass is 32.2. The second-order valence-electron chi connectivity index (χ2n) is 4.39. The van der Waals surface area contributed by atoms with Gasteiger partial charge in [-0.2, -0.15) is 0 Å². The molecule has 0 amide bonds. The Balaban J connectivity index is 3.11. The second-order valence-corrected chi connectivity index (χ2v) is 6.08. The Morgan fingerprint density at radius 2 is 1.89 bits per heavy atom. The fraction of sp³-hybridized carbons (Fsp3) is 0.538. The average Bonchev–Trinajstić information content (AvgIpc) is 2.36. The van der Waals surface area contributed by atoms with Crippen molar-refractivity contribution in [3.05, 3.63) is 29.3 Å². The fourth-order valence-corrected chi connectivity index (χ4v) is 3.47. The number of rotatable bonds is 6. The monoisotopic (exact) mass is 271 g/mol. The van der Waals surface area contributed by atoms with Gasteiger partial charge in [0.05, 0.1) is 11.5 Å². The smallest absolute Gasteiger partial charge is 0.241 e. The van der Waals surface area contributed by atoms with Crippen molar-refractivity contribution >= 4 is 10.0 Å². The van der Waals surface area contributed by atoms with Gasteiger partial charge in [0.15, 0.2) is 0 Å². The van der Waals surface area contributed by atoms with Gasteiger partial charge in [-0.15, -0.1) is 0 Å². The molecule has 0 aliphatic carbocycles. The summed E-state index contributed by atoms with van der Waals surface area (Å²) < 4.78 is 27.2. The Hall–Kier alpha value is -0.910. The molecule has 0 heterocycles. The van der Waals surface area contributed by atoms with Gasteiger partial charge in [-0.05, 0) is 37.0 Å². The van der Waals surface area contributed by atoms with E-state index in [0.717, 1.165) is 12.8 Å². The Bertz CT molecular complexity index is 493. The van der Waals surface area contributed by atoms with Crippen molar-refractivity contribution in [2.45, 2.75) is 51.2 Å². The van der Waals surface area contributed by atoms with Crippen molar-refractivity contribution in [1.29, 1.82) is 0 Å².